The molecule has 2 aromatic carbocycles. The van der Waals surface area contributed by atoms with Crippen molar-refractivity contribution in [3.05, 3.63) is 65.9 Å². The van der Waals surface area contributed by atoms with Gasteiger partial charge < -0.3 is 19.6 Å². The minimum Gasteiger partial charge on any atom is -0.493 e. The number of hydrogen-bond donors (Lipinski definition) is 1. The smallest absolute Gasteiger partial charge is 0.269 e. The highest BCUT2D eigenvalue weighted by molar-refractivity contribution is 6.08. The van der Waals surface area contributed by atoms with Gasteiger partial charge in [-0.25, -0.2) is 4.68 Å². The van der Waals surface area contributed by atoms with Crippen molar-refractivity contribution in [3.8, 4) is 17.2 Å². The van der Waals surface area contributed by atoms with Gasteiger partial charge >= 0.3 is 0 Å². The number of oxime groups is 1. The summed E-state index contributed by atoms with van der Waals surface area (Å²) < 4.78 is 12.5. The third kappa shape index (κ3) is 3.71. The topological polar surface area (TPSA) is 87.0 Å². The molecule has 4 rings (SSSR count). The van der Waals surface area contributed by atoms with Crippen LogP contribution >= 0.6 is 0 Å². The van der Waals surface area contributed by atoms with Crippen molar-refractivity contribution in [2.24, 2.45) is 5.16 Å². The average molecular weight is 406 g/mol. The number of nitrogens with zero attached hydrogens (tertiary/aromatic N) is 3. The normalized spacial score (nSPS) is 15.3. The number of ether oxygens (including phenoxy) is 2. The van der Waals surface area contributed by atoms with Gasteiger partial charge in [0.05, 0.1) is 31.3 Å². The van der Waals surface area contributed by atoms with Crippen LogP contribution < -0.4 is 14.8 Å². The maximum atomic E-state index is 12.9. The molecule has 2 heterocycles. The highest BCUT2D eigenvalue weighted by atomic mass is 16.6. The first-order valence-corrected chi connectivity index (χ1v) is 9.47. The van der Waals surface area contributed by atoms with Crippen LogP contribution in [0.2, 0.25) is 0 Å². The third-order valence-electron chi connectivity index (χ3n) is 4.76. The van der Waals surface area contributed by atoms with Crippen LogP contribution in [-0.2, 0) is 9.63 Å². The van der Waals surface area contributed by atoms with E-state index in [2.05, 4.69) is 15.6 Å². The fraction of sp³-hybridized carbons (Fsp3) is 0.227. The number of carbonyl (C=O) groups excluding carboxylic acids is 1. The number of methoxy groups -OCH3 is 2. The molecule has 8 nitrogen and oxygen atoms in total. The second kappa shape index (κ2) is 8.28. The second-order valence-electron chi connectivity index (χ2n) is 6.78. The standard InChI is InChI=1S/C22H22N4O4/c1-14-12-20(26(24-14)15-8-5-4-6-9-15)23-22(27)19-13-17(25-30-19)16-10-7-11-18(28-2)21(16)29-3/h4-12,19H,13H2,1-3H3,(H,23,27)/t19-/m0/s1. The molecule has 1 N–H and O–H groups in total. The zero-order valence-electron chi connectivity index (χ0n) is 17.0. The van der Waals surface area contributed by atoms with Crippen molar-refractivity contribution in [2.45, 2.75) is 19.4 Å². The highest BCUT2D eigenvalue weighted by Gasteiger charge is 2.31. The van der Waals surface area contributed by atoms with Gasteiger partial charge in [-0.05, 0) is 31.2 Å². The molecule has 0 bridgehead atoms. The minimum atomic E-state index is -0.754. The van der Waals surface area contributed by atoms with E-state index in [0.717, 1.165) is 16.9 Å². The van der Waals surface area contributed by atoms with Crippen LogP contribution in [0.5, 0.6) is 11.5 Å². The van der Waals surface area contributed by atoms with Crippen LogP contribution in [0.4, 0.5) is 5.82 Å². The number of benzene rings is 2. The fourth-order valence-corrected chi connectivity index (χ4v) is 3.35. The van der Waals surface area contributed by atoms with Crippen LogP contribution in [-0.4, -0.2) is 41.7 Å². The largest absolute Gasteiger partial charge is 0.493 e. The number of rotatable bonds is 6. The molecule has 1 aliphatic rings. The van der Waals surface area contributed by atoms with E-state index >= 15 is 0 Å². The summed E-state index contributed by atoms with van der Waals surface area (Å²) in [6.45, 7) is 1.87. The predicted molar refractivity (Wildman–Crippen MR) is 113 cm³/mol. The molecule has 154 valence electrons. The molecule has 0 saturated heterocycles. The molecule has 1 atom stereocenters. The maximum Gasteiger partial charge on any atom is 0.269 e. The summed E-state index contributed by atoms with van der Waals surface area (Å²) in [5.41, 5.74) is 3.00. The molecule has 1 amide bonds. The first-order valence-electron chi connectivity index (χ1n) is 9.47. The molecule has 3 aromatic rings. The summed E-state index contributed by atoms with van der Waals surface area (Å²) >= 11 is 0. The van der Waals surface area contributed by atoms with Crippen molar-refractivity contribution >= 4 is 17.4 Å². The Balaban J connectivity index is 1.51. The number of nitrogens with one attached hydrogen (secondary N) is 1. The van der Waals surface area contributed by atoms with E-state index in [1.165, 1.54) is 0 Å². The monoisotopic (exact) mass is 406 g/mol. The molecule has 0 aliphatic carbocycles. The Morgan fingerprint density at radius 2 is 1.93 bits per heavy atom. The van der Waals surface area contributed by atoms with Gasteiger partial charge in [-0.3, -0.25) is 4.79 Å². The highest BCUT2D eigenvalue weighted by Crippen LogP contribution is 2.33. The van der Waals surface area contributed by atoms with Gasteiger partial charge in [-0.15, -0.1) is 0 Å². The van der Waals surface area contributed by atoms with E-state index < -0.39 is 6.10 Å². The quantitative estimate of drug-likeness (QED) is 0.679. The molecule has 30 heavy (non-hydrogen) atoms. The third-order valence-corrected chi connectivity index (χ3v) is 4.76. The van der Waals surface area contributed by atoms with Crippen LogP contribution in [0.3, 0.4) is 0 Å². The van der Waals surface area contributed by atoms with E-state index in [0.29, 0.717) is 29.4 Å². The molecule has 0 unspecified atom stereocenters. The molecule has 0 radical (unpaired) electrons. The maximum absolute atomic E-state index is 12.9. The van der Waals surface area contributed by atoms with Crippen LogP contribution in [0, 0.1) is 6.92 Å². The Hall–Kier alpha value is -3.81. The molecule has 1 aromatic heterocycles. The first kappa shape index (κ1) is 19.5. The molecule has 8 heteroatoms. The number of hydrogen-bond acceptors (Lipinski definition) is 6. The Morgan fingerprint density at radius 1 is 1.13 bits per heavy atom. The van der Waals surface area contributed by atoms with Gasteiger partial charge in [-0.1, -0.05) is 29.4 Å². The van der Waals surface area contributed by atoms with Crippen molar-refractivity contribution in [1.82, 2.24) is 9.78 Å². The number of aromatic nitrogens is 2. The van der Waals surface area contributed by atoms with E-state index in [1.54, 1.807) is 25.0 Å². The first-order chi connectivity index (χ1) is 14.6. The molecule has 0 spiro atoms. The number of carbonyl (C=O) groups is 1. The van der Waals surface area contributed by atoms with Crippen LogP contribution in [0.15, 0.2) is 59.8 Å². The zero-order valence-corrected chi connectivity index (χ0v) is 17.0. The average Bonchev–Trinajstić information content (AvgIpc) is 3.40. The molecule has 0 fully saturated rings. The Kier molecular flexibility index (Phi) is 5.38. The summed E-state index contributed by atoms with van der Waals surface area (Å²) in [5, 5.41) is 11.5. The molecular weight excluding hydrogens is 384 g/mol. The van der Waals surface area contributed by atoms with Gasteiger partial charge in [0.1, 0.15) is 5.82 Å². The second-order valence-corrected chi connectivity index (χ2v) is 6.78. The Labute approximate surface area is 174 Å². The number of amides is 1. The minimum absolute atomic E-state index is 0.298. The lowest BCUT2D eigenvalue weighted by Crippen LogP contribution is -2.29. The zero-order chi connectivity index (χ0) is 21.1. The molecule has 1 aliphatic heterocycles. The summed E-state index contributed by atoms with van der Waals surface area (Å²) in [4.78, 5) is 18.3. The van der Waals surface area contributed by atoms with Gasteiger partial charge in [0.2, 0.25) is 6.10 Å². The summed E-state index contributed by atoms with van der Waals surface area (Å²) in [7, 11) is 3.14. The van der Waals surface area contributed by atoms with Crippen molar-refractivity contribution in [1.29, 1.82) is 0 Å². The SMILES string of the molecule is COc1cccc(C2=NO[C@H](C(=O)Nc3cc(C)nn3-c3ccccc3)C2)c1OC. The number of anilines is 1. The van der Waals surface area contributed by atoms with Gasteiger partial charge in [0.15, 0.2) is 11.5 Å². The van der Waals surface area contributed by atoms with Gasteiger partial charge in [0, 0.05) is 18.1 Å². The lowest BCUT2D eigenvalue weighted by atomic mass is 10.0. The number of para-hydroxylation sites is 2. The van der Waals surface area contributed by atoms with E-state index in [4.69, 9.17) is 14.3 Å². The van der Waals surface area contributed by atoms with Crippen LogP contribution in [0.25, 0.3) is 5.69 Å². The summed E-state index contributed by atoms with van der Waals surface area (Å²) in [6, 6.07) is 16.9. The molecule has 0 saturated carbocycles. The van der Waals surface area contributed by atoms with Crippen molar-refractivity contribution in [3.63, 3.8) is 0 Å². The lowest BCUT2D eigenvalue weighted by Gasteiger charge is -2.12. The van der Waals surface area contributed by atoms with E-state index in [1.807, 2.05) is 55.5 Å². The Bertz CT molecular complexity index is 1090. The summed E-state index contributed by atoms with van der Waals surface area (Å²) in [6.07, 6.45) is -0.441. The van der Waals surface area contributed by atoms with Crippen molar-refractivity contribution < 1.29 is 19.1 Å². The molecular formula is C22H22N4O4. The van der Waals surface area contributed by atoms with Gasteiger partial charge in [-0.2, -0.15) is 5.10 Å². The lowest BCUT2D eigenvalue weighted by molar-refractivity contribution is -0.125. The number of aryl methyl sites for hydroxylation is 1. The fourth-order valence-electron chi connectivity index (χ4n) is 3.35. The van der Waals surface area contributed by atoms with Crippen LogP contribution in [0.1, 0.15) is 17.7 Å². The Morgan fingerprint density at radius 3 is 2.67 bits per heavy atom. The van der Waals surface area contributed by atoms with Crippen molar-refractivity contribution in [2.75, 3.05) is 19.5 Å². The van der Waals surface area contributed by atoms with E-state index in [9.17, 15) is 4.79 Å². The van der Waals surface area contributed by atoms with Gasteiger partial charge in [0.25, 0.3) is 5.91 Å². The predicted octanol–water partition coefficient (Wildman–Crippen LogP) is 3.33. The van der Waals surface area contributed by atoms with E-state index in [-0.39, 0.29) is 5.91 Å². The summed E-state index contributed by atoms with van der Waals surface area (Å²) in [5.74, 6) is 1.42.